The van der Waals surface area contributed by atoms with Gasteiger partial charge in [-0.05, 0) is 42.0 Å². The van der Waals surface area contributed by atoms with Crippen LogP contribution in [0.1, 0.15) is 21.5 Å². The van der Waals surface area contributed by atoms with Gasteiger partial charge in [-0.15, -0.1) is 0 Å². The maximum atomic E-state index is 12.9. The Bertz CT molecular complexity index is 755. The number of carbonyl (C=O) groups is 2. The highest BCUT2D eigenvalue weighted by molar-refractivity contribution is 5.95. The molecule has 132 valence electrons. The highest BCUT2D eigenvalue weighted by Crippen LogP contribution is 2.29. The number of hydrogen-bond acceptors (Lipinski definition) is 2. The Morgan fingerprint density at radius 2 is 1.52 bits per heavy atom. The van der Waals surface area contributed by atoms with E-state index >= 15 is 0 Å². The Kier molecular flexibility index (Phi) is 5.41. The van der Waals surface area contributed by atoms with Gasteiger partial charge < -0.3 is 10.0 Å². The summed E-state index contributed by atoms with van der Waals surface area (Å²) in [6.45, 7) is -0.760. The van der Waals surface area contributed by atoms with E-state index in [1.807, 2.05) is 0 Å². The van der Waals surface area contributed by atoms with Gasteiger partial charge in [0, 0.05) is 12.1 Å². The summed E-state index contributed by atoms with van der Waals surface area (Å²) in [6.07, 6.45) is -4.53. The third-order valence-electron chi connectivity index (χ3n) is 3.36. The van der Waals surface area contributed by atoms with Gasteiger partial charge in [0.1, 0.15) is 12.4 Å². The molecule has 0 fully saturated rings. The number of nitrogens with zero attached hydrogens (tertiary/aromatic N) is 1. The minimum absolute atomic E-state index is 0.0728. The van der Waals surface area contributed by atoms with Gasteiger partial charge in [-0.3, -0.25) is 9.59 Å². The zero-order chi connectivity index (χ0) is 18.6. The fraction of sp³-hybridized carbons (Fsp3) is 0.176. The Labute approximate surface area is 140 Å². The monoisotopic (exact) mass is 355 g/mol. The molecule has 2 aromatic carbocycles. The lowest BCUT2D eigenvalue weighted by atomic mass is 10.1. The summed E-state index contributed by atoms with van der Waals surface area (Å²) in [6, 6.07) is 8.60. The molecule has 0 aliphatic rings. The van der Waals surface area contributed by atoms with Crippen LogP contribution in [-0.2, 0) is 17.5 Å². The lowest BCUT2D eigenvalue weighted by Gasteiger charge is -2.21. The molecule has 8 heteroatoms. The predicted molar refractivity (Wildman–Crippen MR) is 80.2 cm³/mol. The third-order valence-corrected chi connectivity index (χ3v) is 3.36. The molecule has 0 saturated carbocycles. The van der Waals surface area contributed by atoms with Crippen LogP contribution in [-0.4, -0.2) is 28.4 Å². The first kappa shape index (κ1) is 18.4. The van der Waals surface area contributed by atoms with E-state index in [1.54, 1.807) is 0 Å². The Morgan fingerprint density at radius 3 is 2.00 bits per heavy atom. The van der Waals surface area contributed by atoms with Crippen molar-refractivity contribution in [2.24, 2.45) is 0 Å². The van der Waals surface area contributed by atoms with Crippen molar-refractivity contribution in [3.63, 3.8) is 0 Å². The fourth-order valence-electron chi connectivity index (χ4n) is 2.16. The van der Waals surface area contributed by atoms with Crippen LogP contribution in [0.3, 0.4) is 0 Å². The topological polar surface area (TPSA) is 57.6 Å². The van der Waals surface area contributed by atoms with Gasteiger partial charge >= 0.3 is 12.1 Å². The minimum Gasteiger partial charge on any atom is -0.480 e. The molecule has 0 bridgehead atoms. The highest BCUT2D eigenvalue weighted by Gasteiger charge is 2.30. The lowest BCUT2D eigenvalue weighted by Crippen LogP contribution is -2.35. The van der Waals surface area contributed by atoms with Crippen molar-refractivity contribution in [2.45, 2.75) is 12.7 Å². The summed E-state index contributed by atoms with van der Waals surface area (Å²) < 4.78 is 50.6. The highest BCUT2D eigenvalue weighted by atomic mass is 19.4. The summed E-state index contributed by atoms with van der Waals surface area (Å²) in [4.78, 5) is 24.3. The van der Waals surface area contributed by atoms with Gasteiger partial charge in [-0.2, -0.15) is 13.2 Å². The fourth-order valence-corrected chi connectivity index (χ4v) is 2.16. The van der Waals surface area contributed by atoms with Crippen LogP contribution in [0.5, 0.6) is 0 Å². The number of halogens is 4. The van der Waals surface area contributed by atoms with Crippen LogP contribution in [0.25, 0.3) is 0 Å². The number of rotatable bonds is 5. The van der Waals surface area contributed by atoms with E-state index < -0.39 is 36.0 Å². The molecule has 0 radical (unpaired) electrons. The molecule has 0 spiro atoms. The molecule has 0 aliphatic heterocycles. The first-order valence-corrected chi connectivity index (χ1v) is 7.09. The molecule has 25 heavy (non-hydrogen) atoms. The van der Waals surface area contributed by atoms with Crippen LogP contribution >= 0.6 is 0 Å². The van der Waals surface area contributed by atoms with Crippen molar-refractivity contribution in [3.8, 4) is 0 Å². The standard InChI is InChI=1S/C17H13F4NO3/c18-14-7-1-11(2-8-14)9-22(10-15(23)24)16(25)12-3-5-13(6-4-12)17(19,20)21/h1-8H,9-10H2,(H,23,24). The van der Waals surface area contributed by atoms with E-state index in [9.17, 15) is 27.2 Å². The lowest BCUT2D eigenvalue weighted by molar-refractivity contribution is -0.138. The van der Waals surface area contributed by atoms with Crippen LogP contribution in [0.2, 0.25) is 0 Å². The second-order valence-corrected chi connectivity index (χ2v) is 5.26. The number of carbonyl (C=O) groups excluding carboxylic acids is 1. The number of carboxylic acids is 1. The molecule has 0 aliphatic carbocycles. The van der Waals surface area contributed by atoms with Crippen molar-refractivity contribution in [3.05, 3.63) is 71.0 Å². The summed E-state index contributed by atoms with van der Waals surface area (Å²) in [7, 11) is 0. The van der Waals surface area contributed by atoms with Crippen molar-refractivity contribution in [1.29, 1.82) is 0 Å². The number of hydrogen-bond donors (Lipinski definition) is 1. The second kappa shape index (κ2) is 7.33. The Balaban J connectivity index is 2.22. The van der Waals surface area contributed by atoms with Crippen molar-refractivity contribution < 1.29 is 32.3 Å². The van der Waals surface area contributed by atoms with E-state index in [2.05, 4.69) is 0 Å². The van der Waals surface area contributed by atoms with Crippen LogP contribution < -0.4 is 0 Å². The molecule has 0 saturated heterocycles. The van der Waals surface area contributed by atoms with Gasteiger partial charge in [-0.1, -0.05) is 12.1 Å². The SMILES string of the molecule is O=C(O)CN(Cc1ccc(F)cc1)C(=O)c1ccc(C(F)(F)F)cc1. The predicted octanol–water partition coefficient (Wildman–Crippen LogP) is 3.57. The average molecular weight is 355 g/mol. The maximum absolute atomic E-state index is 12.9. The van der Waals surface area contributed by atoms with Crippen LogP contribution in [0.15, 0.2) is 48.5 Å². The molecule has 0 atom stereocenters. The number of amides is 1. The molecular weight excluding hydrogens is 342 g/mol. The van der Waals surface area contributed by atoms with E-state index in [0.29, 0.717) is 5.56 Å². The molecule has 0 unspecified atom stereocenters. The summed E-state index contributed by atoms with van der Waals surface area (Å²) >= 11 is 0. The maximum Gasteiger partial charge on any atom is 0.416 e. The molecular formula is C17H13F4NO3. The van der Waals surface area contributed by atoms with Crippen LogP contribution in [0, 0.1) is 5.82 Å². The summed E-state index contributed by atoms with van der Waals surface area (Å²) in [5.74, 6) is -2.49. The van der Waals surface area contributed by atoms with Crippen molar-refractivity contribution in [2.75, 3.05) is 6.54 Å². The average Bonchev–Trinajstić information content (AvgIpc) is 2.54. The molecule has 1 N–H and O–H groups in total. The molecule has 4 nitrogen and oxygen atoms in total. The minimum atomic E-state index is -4.53. The molecule has 2 aromatic rings. The molecule has 2 rings (SSSR count). The molecule has 0 aromatic heterocycles. The van der Waals surface area contributed by atoms with E-state index in [1.165, 1.54) is 12.1 Å². The molecule has 1 amide bonds. The van der Waals surface area contributed by atoms with Gasteiger partial charge in [0.25, 0.3) is 5.91 Å². The zero-order valence-electron chi connectivity index (χ0n) is 12.8. The summed E-state index contributed by atoms with van der Waals surface area (Å²) in [5, 5.41) is 8.95. The Hall–Kier alpha value is -2.90. The first-order valence-electron chi connectivity index (χ1n) is 7.09. The number of alkyl halides is 3. The number of carboxylic acid groups (broad SMARTS) is 1. The van der Waals surface area contributed by atoms with Gasteiger partial charge in [0.05, 0.1) is 5.56 Å². The smallest absolute Gasteiger partial charge is 0.416 e. The van der Waals surface area contributed by atoms with Crippen molar-refractivity contribution in [1.82, 2.24) is 4.90 Å². The van der Waals surface area contributed by atoms with E-state index in [0.717, 1.165) is 41.3 Å². The van der Waals surface area contributed by atoms with Gasteiger partial charge in [0.2, 0.25) is 0 Å². The van der Waals surface area contributed by atoms with Gasteiger partial charge in [-0.25, -0.2) is 4.39 Å². The zero-order valence-corrected chi connectivity index (χ0v) is 12.8. The first-order chi connectivity index (χ1) is 11.7. The normalized spacial score (nSPS) is 11.2. The summed E-state index contributed by atoms with van der Waals surface area (Å²) in [5.41, 5.74) is -0.494. The van der Waals surface area contributed by atoms with Crippen LogP contribution in [0.4, 0.5) is 17.6 Å². The quantitative estimate of drug-likeness (QED) is 0.835. The largest absolute Gasteiger partial charge is 0.480 e. The third kappa shape index (κ3) is 5.03. The van der Waals surface area contributed by atoms with Crippen molar-refractivity contribution >= 4 is 11.9 Å². The number of aliphatic carboxylic acids is 1. The van der Waals surface area contributed by atoms with Gasteiger partial charge in [0.15, 0.2) is 0 Å². The Morgan fingerprint density at radius 1 is 0.960 bits per heavy atom. The second-order valence-electron chi connectivity index (χ2n) is 5.26. The van der Waals surface area contributed by atoms with E-state index in [4.69, 9.17) is 5.11 Å². The number of benzene rings is 2. The molecule has 0 heterocycles. The van der Waals surface area contributed by atoms with E-state index in [-0.39, 0.29) is 12.1 Å².